The molecule has 0 aliphatic carbocycles. The first-order chi connectivity index (χ1) is 9.68. The van der Waals surface area contributed by atoms with E-state index in [0.717, 1.165) is 18.2 Å². The molecule has 114 valence electrons. The maximum absolute atomic E-state index is 6.12. The van der Waals surface area contributed by atoms with Crippen LogP contribution in [-0.2, 0) is 10.8 Å². The molecule has 0 bridgehead atoms. The Morgan fingerprint density at radius 3 is 2.48 bits per heavy atom. The fourth-order valence-corrected chi connectivity index (χ4v) is 2.94. The highest BCUT2D eigenvalue weighted by atomic mass is 35.5. The topological polar surface area (TPSA) is 37.8 Å². The van der Waals surface area contributed by atoms with Crippen molar-refractivity contribution in [1.82, 2.24) is 9.97 Å². The highest BCUT2D eigenvalue weighted by Gasteiger charge is 2.23. The molecule has 2 rings (SSSR count). The second-order valence-corrected chi connectivity index (χ2v) is 8.20. The van der Waals surface area contributed by atoms with Crippen LogP contribution >= 0.6 is 22.9 Å². The molecule has 2 heterocycles. The van der Waals surface area contributed by atoms with Gasteiger partial charge in [0.15, 0.2) is 0 Å². The smallest absolute Gasteiger partial charge is 0.137 e. The number of hydrogen-bond acceptors (Lipinski definition) is 4. The first-order valence-electron chi connectivity index (χ1n) is 7.01. The lowest BCUT2D eigenvalue weighted by molar-refractivity contribution is 0.542. The molecule has 0 unspecified atom stereocenters. The molecule has 5 heteroatoms. The van der Waals surface area contributed by atoms with Crippen molar-refractivity contribution >= 4 is 28.8 Å². The van der Waals surface area contributed by atoms with Gasteiger partial charge in [-0.25, -0.2) is 9.97 Å². The molecule has 0 aliphatic heterocycles. The molecule has 0 saturated carbocycles. The van der Waals surface area contributed by atoms with Gasteiger partial charge < -0.3 is 5.32 Å². The quantitative estimate of drug-likeness (QED) is 0.815. The molecular formula is C16H22ClN3S. The summed E-state index contributed by atoms with van der Waals surface area (Å²) in [7, 11) is 0. The molecule has 0 atom stereocenters. The zero-order valence-electron chi connectivity index (χ0n) is 13.2. The lowest BCUT2D eigenvalue weighted by Crippen LogP contribution is -2.27. The Balaban J connectivity index is 2.15. The van der Waals surface area contributed by atoms with Gasteiger partial charge in [0.25, 0.3) is 0 Å². The van der Waals surface area contributed by atoms with Crippen LogP contribution in [0.1, 0.15) is 45.3 Å². The van der Waals surface area contributed by atoms with Gasteiger partial charge in [0.05, 0.1) is 0 Å². The molecule has 1 N–H and O–H groups in total. The van der Waals surface area contributed by atoms with Crippen LogP contribution in [0, 0.1) is 0 Å². The third-order valence-corrected chi connectivity index (χ3v) is 4.69. The van der Waals surface area contributed by atoms with Crippen LogP contribution in [0.5, 0.6) is 0 Å². The second kappa shape index (κ2) is 5.93. The monoisotopic (exact) mass is 323 g/mol. The van der Waals surface area contributed by atoms with Crippen molar-refractivity contribution in [1.29, 1.82) is 0 Å². The fourth-order valence-electron chi connectivity index (χ4n) is 1.91. The van der Waals surface area contributed by atoms with E-state index >= 15 is 0 Å². The standard InChI is InChI=1S/C16H22ClN3S/c1-15(2,3)14-19-12(17)9-13(20-14)18-10-16(4,5)11-7-6-8-21-11/h6-9H,10H2,1-5H3,(H,18,19,20). The molecule has 0 spiro atoms. The summed E-state index contributed by atoms with van der Waals surface area (Å²) >= 11 is 7.89. The summed E-state index contributed by atoms with van der Waals surface area (Å²) < 4.78 is 0. The zero-order valence-corrected chi connectivity index (χ0v) is 14.8. The Kier molecular flexibility index (Phi) is 4.59. The number of aromatic nitrogens is 2. The van der Waals surface area contributed by atoms with E-state index in [9.17, 15) is 0 Å². The average molecular weight is 324 g/mol. The third-order valence-electron chi connectivity index (χ3n) is 3.27. The summed E-state index contributed by atoms with van der Waals surface area (Å²) in [6.45, 7) is 11.5. The maximum atomic E-state index is 6.12. The lowest BCUT2D eigenvalue weighted by Gasteiger charge is -2.24. The first kappa shape index (κ1) is 16.2. The van der Waals surface area contributed by atoms with Gasteiger partial charge in [-0.05, 0) is 11.4 Å². The number of anilines is 1. The van der Waals surface area contributed by atoms with Gasteiger partial charge in [-0.15, -0.1) is 11.3 Å². The van der Waals surface area contributed by atoms with Crippen molar-refractivity contribution in [2.24, 2.45) is 0 Å². The number of thiophene rings is 1. The minimum Gasteiger partial charge on any atom is -0.369 e. The number of hydrogen-bond donors (Lipinski definition) is 1. The fraction of sp³-hybridized carbons (Fsp3) is 0.500. The van der Waals surface area contributed by atoms with E-state index in [0.29, 0.717) is 5.15 Å². The van der Waals surface area contributed by atoms with Crippen LogP contribution < -0.4 is 5.32 Å². The van der Waals surface area contributed by atoms with Gasteiger partial charge in [0.2, 0.25) is 0 Å². The lowest BCUT2D eigenvalue weighted by atomic mass is 9.91. The molecule has 3 nitrogen and oxygen atoms in total. The molecule has 2 aromatic rings. The molecule has 0 saturated heterocycles. The van der Waals surface area contributed by atoms with Crippen molar-refractivity contribution in [2.45, 2.75) is 45.4 Å². The highest BCUT2D eigenvalue weighted by molar-refractivity contribution is 7.10. The number of nitrogens with zero attached hydrogens (tertiary/aromatic N) is 2. The average Bonchev–Trinajstić information content (AvgIpc) is 2.89. The minimum absolute atomic E-state index is 0.0491. The van der Waals surface area contributed by atoms with Crippen LogP contribution in [0.4, 0.5) is 5.82 Å². The molecule has 2 aromatic heterocycles. The Labute approximate surface area is 135 Å². The third kappa shape index (κ3) is 4.17. The van der Waals surface area contributed by atoms with E-state index in [1.54, 1.807) is 17.4 Å². The van der Waals surface area contributed by atoms with Gasteiger partial charge >= 0.3 is 0 Å². The van der Waals surface area contributed by atoms with Crippen molar-refractivity contribution < 1.29 is 0 Å². The molecule has 0 aliphatic rings. The van der Waals surface area contributed by atoms with Crippen molar-refractivity contribution in [3.05, 3.63) is 39.4 Å². The van der Waals surface area contributed by atoms with Crippen molar-refractivity contribution in [2.75, 3.05) is 11.9 Å². The Hall–Kier alpha value is -1.13. The van der Waals surface area contributed by atoms with Crippen molar-refractivity contribution in [3.8, 4) is 0 Å². The zero-order chi connectivity index (χ0) is 15.7. The van der Waals surface area contributed by atoms with Crippen LogP contribution in [-0.4, -0.2) is 16.5 Å². The first-order valence-corrected chi connectivity index (χ1v) is 8.27. The Bertz CT molecular complexity index is 600. The minimum atomic E-state index is -0.120. The van der Waals surface area contributed by atoms with E-state index < -0.39 is 0 Å². The number of halogens is 1. The summed E-state index contributed by atoms with van der Waals surface area (Å²) in [5, 5.41) is 5.98. The summed E-state index contributed by atoms with van der Waals surface area (Å²) in [5.74, 6) is 1.54. The largest absolute Gasteiger partial charge is 0.369 e. The van der Waals surface area contributed by atoms with Gasteiger partial charge in [0, 0.05) is 28.3 Å². The molecular weight excluding hydrogens is 302 g/mol. The van der Waals surface area contributed by atoms with E-state index in [-0.39, 0.29) is 10.8 Å². The summed E-state index contributed by atoms with van der Waals surface area (Å²) in [6.07, 6.45) is 0. The number of rotatable bonds is 4. The molecule has 0 radical (unpaired) electrons. The van der Waals surface area contributed by atoms with E-state index in [2.05, 4.69) is 67.4 Å². The van der Waals surface area contributed by atoms with Crippen molar-refractivity contribution in [3.63, 3.8) is 0 Å². The van der Waals surface area contributed by atoms with E-state index in [1.165, 1.54) is 4.88 Å². The summed E-state index contributed by atoms with van der Waals surface area (Å²) in [5.41, 5.74) is -0.0713. The van der Waals surface area contributed by atoms with Crippen LogP contribution in [0.3, 0.4) is 0 Å². The summed E-state index contributed by atoms with van der Waals surface area (Å²) in [4.78, 5) is 10.3. The van der Waals surface area contributed by atoms with Crippen LogP contribution in [0.25, 0.3) is 0 Å². The normalized spacial score (nSPS) is 12.5. The van der Waals surface area contributed by atoms with E-state index in [4.69, 9.17) is 11.6 Å². The van der Waals surface area contributed by atoms with Crippen LogP contribution in [0.15, 0.2) is 23.6 Å². The number of nitrogens with one attached hydrogen (secondary N) is 1. The van der Waals surface area contributed by atoms with Gasteiger partial charge in [-0.1, -0.05) is 52.3 Å². The van der Waals surface area contributed by atoms with E-state index in [1.807, 2.05) is 0 Å². The summed E-state index contributed by atoms with van der Waals surface area (Å²) in [6, 6.07) is 6.03. The van der Waals surface area contributed by atoms with Gasteiger partial charge in [0.1, 0.15) is 16.8 Å². The van der Waals surface area contributed by atoms with Gasteiger partial charge in [-0.2, -0.15) is 0 Å². The second-order valence-electron chi connectivity index (χ2n) is 6.86. The van der Waals surface area contributed by atoms with Gasteiger partial charge in [-0.3, -0.25) is 0 Å². The SMILES string of the molecule is CC(C)(C)c1nc(Cl)cc(NCC(C)(C)c2cccs2)n1. The Morgan fingerprint density at radius 1 is 1.19 bits per heavy atom. The molecule has 21 heavy (non-hydrogen) atoms. The Morgan fingerprint density at radius 2 is 1.90 bits per heavy atom. The van der Waals surface area contributed by atoms with Crippen LogP contribution in [0.2, 0.25) is 5.15 Å². The molecule has 0 aromatic carbocycles. The molecule has 0 fully saturated rings. The highest BCUT2D eigenvalue weighted by Crippen LogP contribution is 2.28. The maximum Gasteiger partial charge on any atom is 0.137 e. The molecule has 0 amide bonds. The predicted octanol–water partition coefficient (Wildman–Crippen LogP) is 4.88. The predicted molar refractivity (Wildman–Crippen MR) is 91.6 cm³/mol.